The number of fused-ring (bicyclic) bond motifs is 1. The van der Waals surface area contributed by atoms with Gasteiger partial charge in [-0.2, -0.15) is 0 Å². The number of aliphatic hydroxyl groups is 2. The van der Waals surface area contributed by atoms with E-state index in [-0.39, 0.29) is 18.1 Å². The fourth-order valence-corrected chi connectivity index (χ4v) is 3.16. The minimum Gasteiger partial charge on any atom is -0.506 e. The molecule has 0 fully saturated rings. The van der Waals surface area contributed by atoms with Crippen LogP contribution in [-0.4, -0.2) is 44.6 Å². The van der Waals surface area contributed by atoms with Gasteiger partial charge in [0.15, 0.2) is 17.6 Å². The van der Waals surface area contributed by atoms with Gasteiger partial charge in [0.25, 0.3) is 0 Å². The van der Waals surface area contributed by atoms with Crippen molar-refractivity contribution in [3.63, 3.8) is 0 Å². The van der Waals surface area contributed by atoms with Crippen LogP contribution in [0.4, 0.5) is 5.82 Å². The highest BCUT2D eigenvalue weighted by Gasteiger charge is 2.38. The second-order valence-corrected chi connectivity index (χ2v) is 5.97. The number of anilines is 1. The summed E-state index contributed by atoms with van der Waals surface area (Å²) >= 11 is 0. The third kappa shape index (κ3) is 2.47. The molecule has 4 rings (SSSR count). The van der Waals surface area contributed by atoms with Gasteiger partial charge in [-0.05, 0) is 5.56 Å². The number of benzene rings is 1. The fourth-order valence-electron chi connectivity index (χ4n) is 3.16. The predicted molar refractivity (Wildman–Crippen MR) is 95.0 cm³/mol. The van der Waals surface area contributed by atoms with Crippen molar-refractivity contribution >= 4 is 16.9 Å². The van der Waals surface area contributed by atoms with Crippen LogP contribution in [0.1, 0.15) is 6.23 Å². The molecule has 134 valence electrons. The molecule has 0 saturated carbocycles. The van der Waals surface area contributed by atoms with Crippen LogP contribution in [0, 0.1) is 0 Å². The lowest BCUT2D eigenvalue weighted by Gasteiger charge is -2.18. The number of hydrogen-bond donors (Lipinski definition) is 3. The number of nitrogens with zero attached hydrogens (tertiary/aromatic N) is 3. The monoisotopic (exact) mass is 354 g/mol. The van der Waals surface area contributed by atoms with E-state index in [0.717, 1.165) is 11.1 Å². The highest BCUT2D eigenvalue weighted by Crippen LogP contribution is 2.38. The topological polar surface area (TPSA) is 116 Å². The van der Waals surface area contributed by atoms with Gasteiger partial charge in [-0.25, -0.2) is 9.97 Å². The Morgan fingerprint density at radius 2 is 2.04 bits per heavy atom. The van der Waals surface area contributed by atoms with E-state index in [1.807, 2.05) is 30.3 Å². The molecule has 1 aromatic carbocycles. The first-order valence-electron chi connectivity index (χ1n) is 8.04. The van der Waals surface area contributed by atoms with Crippen molar-refractivity contribution in [1.29, 1.82) is 0 Å². The molecule has 0 spiro atoms. The first-order valence-corrected chi connectivity index (χ1v) is 8.04. The van der Waals surface area contributed by atoms with Gasteiger partial charge < -0.3 is 25.4 Å². The average Bonchev–Trinajstić information content (AvgIpc) is 3.17. The van der Waals surface area contributed by atoms with Crippen molar-refractivity contribution in [3.8, 4) is 11.1 Å². The van der Waals surface area contributed by atoms with Gasteiger partial charge in [0.2, 0.25) is 6.23 Å². The molecule has 2 atom stereocenters. The smallest absolute Gasteiger partial charge is 0.210 e. The molecule has 0 aliphatic carbocycles. The zero-order valence-corrected chi connectivity index (χ0v) is 14.0. The van der Waals surface area contributed by atoms with Gasteiger partial charge in [0.05, 0.1) is 5.39 Å². The highest BCUT2D eigenvalue weighted by molar-refractivity contribution is 6.00. The molecule has 4 N–H and O–H groups in total. The van der Waals surface area contributed by atoms with Crippen LogP contribution in [0.25, 0.3) is 22.2 Å². The van der Waals surface area contributed by atoms with Crippen LogP contribution in [0.2, 0.25) is 0 Å². The van der Waals surface area contributed by atoms with Gasteiger partial charge in [-0.15, -0.1) is 0 Å². The van der Waals surface area contributed by atoms with E-state index in [0.29, 0.717) is 16.9 Å². The second-order valence-electron chi connectivity index (χ2n) is 5.97. The summed E-state index contributed by atoms with van der Waals surface area (Å²) in [5.41, 5.74) is 8.35. The first-order chi connectivity index (χ1) is 12.6. The van der Waals surface area contributed by atoms with Crippen molar-refractivity contribution < 1.29 is 19.7 Å². The number of methoxy groups -OCH3 is 1. The van der Waals surface area contributed by atoms with Gasteiger partial charge in [0, 0.05) is 18.9 Å². The van der Waals surface area contributed by atoms with Crippen molar-refractivity contribution in [2.45, 2.75) is 12.3 Å². The first kappa shape index (κ1) is 16.4. The number of nitrogen functional groups attached to an aromatic ring is 1. The van der Waals surface area contributed by atoms with Crippen LogP contribution >= 0.6 is 0 Å². The Labute approximate surface area is 149 Å². The Hall–Kier alpha value is -3.10. The number of ether oxygens (including phenoxy) is 2. The number of aromatic nitrogens is 3. The van der Waals surface area contributed by atoms with E-state index < -0.39 is 12.3 Å². The van der Waals surface area contributed by atoms with Crippen molar-refractivity contribution in [3.05, 3.63) is 54.4 Å². The van der Waals surface area contributed by atoms with E-state index in [2.05, 4.69) is 9.97 Å². The Bertz CT molecular complexity index is 984. The third-order valence-corrected chi connectivity index (χ3v) is 4.37. The summed E-state index contributed by atoms with van der Waals surface area (Å²) in [6.45, 7) is 0.0568. The average molecular weight is 354 g/mol. The quantitative estimate of drug-likeness (QED) is 0.656. The zero-order chi connectivity index (χ0) is 18.3. The molecule has 1 unspecified atom stereocenters. The van der Waals surface area contributed by atoms with Gasteiger partial charge in [0.1, 0.15) is 24.4 Å². The van der Waals surface area contributed by atoms with Crippen molar-refractivity contribution in [1.82, 2.24) is 14.5 Å². The van der Waals surface area contributed by atoms with Crippen LogP contribution in [0.3, 0.4) is 0 Å². The van der Waals surface area contributed by atoms with Gasteiger partial charge >= 0.3 is 0 Å². The normalized spacial score (nSPS) is 19.9. The fraction of sp³-hybridized carbons (Fsp3) is 0.222. The molecule has 8 heteroatoms. The lowest BCUT2D eigenvalue weighted by atomic mass is 10.1. The largest absolute Gasteiger partial charge is 0.506 e. The number of aliphatic hydroxyl groups excluding tert-OH is 2. The molecule has 1 aliphatic rings. The van der Waals surface area contributed by atoms with E-state index in [1.165, 1.54) is 13.4 Å². The molecular weight excluding hydrogens is 336 g/mol. The van der Waals surface area contributed by atoms with E-state index in [4.69, 9.17) is 15.2 Å². The molecular formula is C18H18N4O4. The lowest BCUT2D eigenvalue weighted by Crippen LogP contribution is -2.22. The maximum Gasteiger partial charge on any atom is 0.210 e. The summed E-state index contributed by atoms with van der Waals surface area (Å²) in [4.78, 5) is 8.39. The van der Waals surface area contributed by atoms with Crippen molar-refractivity contribution in [2.24, 2.45) is 0 Å². The molecule has 8 nitrogen and oxygen atoms in total. The molecule has 26 heavy (non-hydrogen) atoms. The summed E-state index contributed by atoms with van der Waals surface area (Å²) in [6.07, 6.45) is 1.03. The van der Waals surface area contributed by atoms with Gasteiger partial charge in [-0.3, -0.25) is 4.57 Å². The Morgan fingerprint density at radius 1 is 1.27 bits per heavy atom. The maximum absolute atomic E-state index is 10.4. The highest BCUT2D eigenvalue weighted by atomic mass is 16.6. The van der Waals surface area contributed by atoms with E-state index in [9.17, 15) is 10.2 Å². The summed E-state index contributed by atoms with van der Waals surface area (Å²) in [5.74, 6) is 0.270. The maximum atomic E-state index is 10.4. The molecule has 0 radical (unpaired) electrons. The second kappa shape index (κ2) is 6.32. The molecule has 1 aliphatic heterocycles. The number of nitrogens with two attached hydrogens (primary N) is 1. The Morgan fingerprint density at radius 3 is 2.77 bits per heavy atom. The summed E-state index contributed by atoms with van der Waals surface area (Å²) in [7, 11) is 1.48. The number of rotatable bonds is 4. The third-order valence-electron chi connectivity index (χ3n) is 4.37. The molecule has 2 aromatic heterocycles. The summed E-state index contributed by atoms with van der Waals surface area (Å²) in [5, 5.41) is 21.2. The zero-order valence-electron chi connectivity index (χ0n) is 14.0. The van der Waals surface area contributed by atoms with Gasteiger partial charge in [-0.1, -0.05) is 30.3 Å². The standard InChI is InChI=1S/C18H18N4O4/c1-25-8-12-14(23)15(24)18(26-12)22-7-11(10-5-3-2-4-6-10)13-16(19)20-9-21-17(13)22/h2-7,9,15,18,23-24H,8H2,1H3,(H2,19,20,21)/t15?,18-/m1/s1. The van der Waals surface area contributed by atoms with Crippen LogP contribution in [0.15, 0.2) is 54.4 Å². The Kier molecular flexibility index (Phi) is 3.98. The van der Waals surface area contributed by atoms with E-state index >= 15 is 0 Å². The molecule has 0 amide bonds. The minimum absolute atomic E-state index is 0.0568. The van der Waals surface area contributed by atoms with Crippen LogP contribution in [0.5, 0.6) is 0 Å². The SMILES string of the molecule is COCC1=C(O)C(O)[C@H](n2cc(-c3ccccc3)c3c(N)ncnc32)O1. The minimum atomic E-state index is -1.24. The van der Waals surface area contributed by atoms with Crippen molar-refractivity contribution in [2.75, 3.05) is 19.5 Å². The number of hydrogen-bond acceptors (Lipinski definition) is 7. The van der Waals surface area contributed by atoms with Crippen LogP contribution < -0.4 is 5.73 Å². The Balaban J connectivity index is 1.87. The lowest BCUT2D eigenvalue weighted by molar-refractivity contribution is -0.0138. The molecule has 3 heterocycles. The summed E-state index contributed by atoms with van der Waals surface area (Å²) < 4.78 is 12.4. The molecule has 0 saturated heterocycles. The molecule has 3 aromatic rings. The summed E-state index contributed by atoms with van der Waals surface area (Å²) in [6, 6.07) is 9.66. The predicted octanol–water partition coefficient (Wildman–Crippen LogP) is 1.99. The van der Waals surface area contributed by atoms with E-state index in [1.54, 1.807) is 10.8 Å². The van der Waals surface area contributed by atoms with Crippen LogP contribution in [-0.2, 0) is 9.47 Å². The molecule has 0 bridgehead atoms.